The Kier molecular flexibility index (Phi) is 2.86. The number of hydrogen-bond acceptors (Lipinski definition) is 2. The largest absolute Gasteiger partial charge is 0.376 e. The van der Waals surface area contributed by atoms with Crippen molar-refractivity contribution in [1.82, 2.24) is 0 Å². The molecule has 2 nitrogen and oxygen atoms in total. The van der Waals surface area contributed by atoms with Gasteiger partial charge in [0.25, 0.3) is 0 Å². The highest BCUT2D eigenvalue weighted by Crippen LogP contribution is 2.25. The molecule has 0 spiro atoms. The third-order valence-electron chi connectivity index (χ3n) is 2.86. The van der Waals surface area contributed by atoms with Gasteiger partial charge >= 0.3 is 0 Å². The fraction of sp³-hybridized carbons (Fsp3) is 0.455. The molecule has 82 valence electrons. The predicted octanol–water partition coefficient (Wildman–Crippen LogP) is 2.26. The minimum atomic E-state index is -0.561. The first-order valence-electron chi connectivity index (χ1n) is 5.14. The van der Waals surface area contributed by atoms with Gasteiger partial charge in [-0.05, 0) is 31.4 Å². The third-order valence-corrected chi connectivity index (χ3v) is 2.86. The van der Waals surface area contributed by atoms with Gasteiger partial charge in [-0.3, -0.25) is 0 Å². The second-order valence-corrected chi connectivity index (χ2v) is 3.94. The highest BCUT2D eigenvalue weighted by atomic mass is 19.1. The molecule has 3 N–H and O–H groups in total. The molecule has 1 fully saturated rings. The molecule has 0 unspecified atom stereocenters. The first-order chi connectivity index (χ1) is 7.18. The van der Waals surface area contributed by atoms with Crippen molar-refractivity contribution < 1.29 is 8.78 Å². The SMILES string of the molecule is N[C@@H]1CCC[C@H]1Nc1c(F)cccc1F. The molecule has 1 aromatic carbocycles. The van der Waals surface area contributed by atoms with Gasteiger partial charge in [0, 0.05) is 12.1 Å². The van der Waals surface area contributed by atoms with Gasteiger partial charge in [0.15, 0.2) is 0 Å². The molecule has 1 aliphatic carbocycles. The van der Waals surface area contributed by atoms with Crippen LogP contribution >= 0.6 is 0 Å². The first-order valence-corrected chi connectivity index (χ1v) is 5.14. The molecule has 1 saturated carbocycles. The van der Waals surface area contributed by atoms with Crippen molar-refractivity contribution in [3.63, 3.8) is 0 Å². The number of nitrogens with one attached hydrogen (secondary N) is 1. The zero-order valence-electron chi connectivity index (χ0n) is 8.34. The lowest BCUT2D eigenvalue weighted by Gasteiger charge is -2.19. The molecule has 2 atom stereocenters. The van der Waals surface area contributed by atoms with E-state index in [0.29, 0.717) is 0 Å². The molecule has 0 radical (unpaired) electrons. The Hall–Kier alpha value is -1.16. The third kappa shape index (κ3) is 2.09. The molecule has 4 heteroatoms. The summed E-state index contributed by atoms with van der Waals surface area (Å²) in [4.78, 5) is 0. The van der Waals surface area contributed by atoms with E-state index in [-0.39, 0.29) is 17.8 Å². The van der Waals surface area contributed by atoms with Gasteiger partial charge < -0.3 is 11.1 Å². The number of benzene rings is 1. The van der Waals surface area contributed by atoms with Gasteiger partial charge in [-0.15, -0.1) is 0 Å². The fourth-order valence-corrected chi connectivity index (χ4v) is 1.99. The van der Waals surface area contributed by atoms with Crippen LogP contribution in [0.2, 0.25) is 0 Å². The van der Waals surface area contributed by atoms with Crippen LogP contribution in [0.1, 0.15) is 19.3 Å². The van der Waals surface area contributed by atoms with Crippen molar-refractivity contribution in [1.29, 1.82) is 0 Å². The van der Waals surface area contributed by atoms with Crippen LogP contribution in [0.25, 0.3) is 0 Å². The molecule has 1 aliphatic rings. The zero-order chi connectivity index (χ0) is 10.8. The maximum absolute atomic E-state index is 13.3. The number of hydrogen-bond donors (Lipinski definition) is 2. The molecule has 0 amide bonds. The van der Waals surface area contributed by atoms with Crippen molar-refractivity contribution in [2.24, 2.45) is 5.73 Å². The molecular formula is C11H14F2N2. The minimum absolute atomic E-state index is 0.0102. The highest BCUT2D eigenvalue weighted by Gasteiger charge is 2.25. The Labute approximate surface area is 87.5 Å². The monoisotopic (exact) mass is 212 g/mol. The van der Waals surface area contributed by atoms with Gasteiger partial charge in [-0.25, -0.2) is 8.78 Å². The highest BCUT2D eigenvalue weighted by molar-refractivity contribution is 5.47. The van der Waals surface area contributed by atoms with Crippen molar-refractivity contribution >= 4 is 5.69 Å². The van der Waals surface area contributed by atoms with Crippen molar-refractivity contribution in [2.45, 2.75) is 31.3 Å². The Morgan fingerprint density at radius 1 is 1.20 bits per heavy atom. The van der Waals surface area contributed by atoms with Crippen LogP contribution < -0.4 is 11.1 Å². The second kappa shape index (κ2) is 4.14. The predicted molar refractivity (Wildman–Crippen MR) is 55.6 cm³/mol. The maximum atomic E-state index is 13.3. The van der Waals surface area contributed by atoms with Crippen LogP contribution in [-0.2, 0) is 0 Å². The molecule has 15 heavy (non-hydrogen) atoms. The van der Waals surface area contributed by atoms with Crippen LogP contribution in [0, 0.1) is 11.6 Å². The summed E-state index contributed by atoms with van der Waals surface area (Å²) in [6, 6.07) is 3.81. The molecule has 0 bridgehead atoms. The van der Waals surface area contributed by atoms with E-state index in [2.05, 4.69) is 5.32 Å². The molecule has 0 aliphatic heterocycles. The number of rotatable bonds is 2. The second-order valence-electron chi connectivity index (χ2n) is 3.94. The summed E-state index contributed by atoms with van der Waals surface area (Å²) in [5.41, 5.74) is 5.76. The summed E-state index contributed by atoms with van der Waals surface area (Å²) < 4.78 is 26.6. The fourth-order valence-electron chi connectivity index (χ4n) is 1.99. The van der Waals surface area contributed by atoms with Crippen LogP contribution in [0.4, 0.5) is 14.5 Å². The normalized spacial score (nSPS) is 25.5. The Bertz CT molecular complexity index is 334. The summed E-state index contributed by atoms with van der Waals surface area (Å²) in [6.07, 6.45) is 2.79. The van der Waals surface area contributed by atoms with E-state index in [0.717, 1.165) is 19.3 Å². The van der Waals surface area contributed by atoms with Crippen LogP contribution in [0.5, 0.6) is 0 Å². The summed E-state index contributed by atoms with van der Waals surface area (Å²) in [7, 11) is 0. The lowest BCUT2D eigenvalue weighted by molar-refractivity contribution is 0.571. The molecular weight excluding hydrogens is 198 g/mol. The maximum Gasteiger partial charge on any atom is 0.149 e. The van der Waals surface area contributed by atoms with E-state index < -0.39 is 11.6 Å². The molecule has 2 rings (SSSR count). The standard InChI is InChI=1S/C11H14F2N2/c12-7-3-1-4-8(13)11(7)15-10-6-2-5-9(10)14/h1,3-4,9-10,15H,2,5-6,14H2/t9-,10-/m1/s1. The Morgan fingerprint density at radius 2 is 1.87 bits per heavy atom. The number of para-hydroxylation sites is 1. The number of halogens is 2. The van der Waals surface area contributed by atoms with Gasteiger partial charge in [-0.1, -0.05) is 6.07 Å². The average molecular weight is 212 g/mol. The summed E-state index contributed by atoms with van der Waals surface area (Å²) >= 11 is 0. The Balaban J connectivity index is 2.16. The average Bonchev–Trinajstić information content (AvgIpc) is 2.58. The molecule has 0 aromatic heterocycles. The van der Waals surface area contributed by atoms with Gasteiger partial charge in [-0.2, -0.15) is 0 Å². The topological polar surface area (TPSA) is 38.0 Å². The molecule has 1 aromatic rings. The van der Waals surface area contributed by atoms with Gasteiger partial charge in [0.1, 0.15) is 17.3 Å². The van der Waals surface area contributed by atoms with Crippen LogP contribution in [0.3, 0.4) is 0 Å². The first kappa shape index (κ1) is 10.4. The van der Waals surface area contributed by atoms with E-state index in [1.54, 1.807) is 0 Å². The zero-order valence-corrected chi connectivity index (χ0v) is 8.34. The lowest BCUT2D eigenvalue weighted by atomic mass is 10.1. The summed E-state index contributed by atoms with van der Waals surface area (Å²) in [5.74, 6) is -1.12. The van der Waals surface area contributed by atoms with E-state index in [4.69, 9.17) is 5.73 Å². The van der Waals surface area contributed by atoms with Crippen LogP contribution in [-0.4, -0.2) is 12.1 Å². The summed E-state index contributed by atoms with van der Waals surface area (Å²) in [5, 5.41) is 2.85. The van der Waals surface area contributed by atoms with Crippen molar-refractivity contribution in [3.8, 4) is 0 Å². The lowest BCUT2D eigenvalue weighted by Crippen LogP contribution is -2.35. The smallest absolute Gasteiger partial charge is 0.149 e. The molecule has 0 heterocycles. The quantitative estimate of drug-likeness (QED) is 0.789. The number of nitrogens with two attached hydrogens (primary N) is 1. The molecule has 0 saturated heterocycles. The van der Waals surface area contributed by atoms with Gasteiger partial charge in [0.2, 0.25) is 0 Å². The summed E-state index contributed by atoms with van der Waals surface area (Å²) in [6.45, 7) is 0. The van der Waals surface area contributed by atoms with Crippen molar-refractivity contribution in [3.05, 3.63) is 29.8 Å². The van der Waals surface area contributed by atoms with E-state index in [1.807, 2.05) is 0 Å². The van der Waals surface area contributed by atoms with E-state index in [1.165, 1.54) is 18.2 Å². The van der Waals surface area contributed by atoms with E-state index in [9.17, 15) is 8.78 Å². The van der Waals surface area contributed by atoms with Crippen molar-refractivity contribution in [2.75, 3.05) is 5.32 Å². The number of anilines is 1. The van der Waals surface area contributed by atoms with Crippen LogP contribution in [0.15, 0.2) is 18.2 Å². The minimum Gasteiger partial charge on any atom is -0.376 e. The Morgan fingerprint density at radius 3 is 2.40 bits per heavy atom. The van der Waals surface area contributed by atoms with E-state index >= 15 is 0 Å². The van der Waals surface area contributed by atoms with Gasteiger partial charge in [0.05, 0.1) is 0 Å².